The first-order chi connectivity index (χ1) is 5.77. The topological polar surface area (TPSA) is 0 Å². The zero-order chi connectivity index (χ0) is 9.23. The van der Waals surface area contributed by atoms with Gasteiger partial charge in [0.15, 0.2) is 0 Å². The Balaban J connectivity index is 2.90. The quantitative estimate of drug-likeness (QED) is 0.429. The zero-order valence-corrected chi connectivity index (χ0v) is 9.48. The van der Waals surface area contributed by atoms with Crippen LogP contribution in [0.2, 0.25) is 0 Å². The molecular weight excluding hydrogens is 184 g/mol. The molecule has 0 fully saturated rings. The molecule has 0 aliphatic rings. The third-order valence-corrected chi connectivity index (χ3v) is 2.29. The minimum Gasteiger partial charge on any atom is -0.0935 e. The van der Waals surface area contributed by atoms with E-state index in [2.05, 4.69) is 0 Å². The molecule has 0 aromatic rings. The van der Waals surface area contributed by atoms with E-state index < -0.39 is 0 Å². The van der Waals surface area contributed by atoms with E-state index in [1.807, 2.05) is 12.3 Å². The van der Waals surface area contributed by atoms with E-state index in [-0.39, 0.29) is 0 Å². The molecule has 0 unspecified atom stereocenters. The first kappa shape index (κ1) is 12.2. The van der Waals surface area contributed by atoms with Crippen molar-refractivity contribution in [3.05, 3.63) is 0 Å². The molecule has 0 N–H and O–H groups in total. The summed E-state index contributed by atoms with van der Waals surface area (Å²) in [6.07, 6.45) is 8.75. The molecule has 0 saturated carbocycles. The van der Waals surface area contributed by atoms with Crippen molar-refractivity contribution in [2.24, 2.45) is 0 Å². The number of thiocarbonyl (C=S) groups is 2. The first-order valence-corrected chi connectivity index (χ1v) is 5.58. The first-order valence-electron chi connectivity index (χ1n) is 4.70. The zero-order valence-electron chi connectivity index (χ0n) is 7.84. The van der Waals surface area contributed by atoms with E-state index in [1.165, 1.54) is 32.1 Å². The Kier molecular flexibility index (Phi) is 9.41. The van der Waals surface area contributed by atoms with Gasteiger partial charge in [-0.1, -0.05) is 43.7 Å². The average molecular weight is 202 g/mol. The highest BCUT2D eigenvalue weighted by molar-refractivity contribution is 7.80. The summed E-state index contributed by atoms with van der Waals surface area (Å²) in [5.74, 6) is 0. The molecule has 0 bridgehead atoms. The normalized spacial score (nSPS) is 9.75. The fourth-order valence-electron chi connectivity index (χ4n) is 1.13. The Morgan fingerprint density at radius 3 is 2.25 bits per heavy atom. The second-order valence-electron chi connectivity index (χ2n) is 3.18. The maximum absolute atomic E-state index is 5.00. The van der Waals surface area contributed by atoms with Gasteiger partial charge in [0, 0.05) is 0 Å². The third-order valence-electron chi connectivity index (χ3n) is 1.85. The lowest BCUT2D eigenvalue weighted by Gasteiger charge is -1.98. The molecule has 0 radical (unpaired) electrons. The van der Waals surface area contributed by atoms with Crippen LogP contribution in [-0.4, -0.2) is 10.2 Å². The van der Waals surface area contributed by atoms with Crippen molar-refractivity contribution in [3.63, 3.8) is 0 Å². The molecule has 0 saturated heterocycles. The SMILES string of the molecule is CC(=S)CCCCCCCC=S. The Labute approximate surface area is 86.7 Å². The largest absolute Gasteiger partial charge is 0.0935 e. The molecular formula is C10H18S2. The molecule has 0 aromatic carbocycles. The van der Waals surface area contributed by atoms with Crippen molar-refractivity contribution in [1.82, 2.24) is 0 Å². The predicted molar refractivity (Wildman–Crippen MR) is 64.2 cm³/mol. The van der Waals surface area contributed by atoms with E-state index in [1.54, 1.807) is 0 Å². The van der Waals surface area contributed by atoms with Gasteiger partial charge in [-0.2, -0.15) is 0 Å². The molecule has 0 atom stereocenters. The van der Waals surface area contributed by atoms with Crippen LogP contribution in [0.3, 0.4) is 0 Å². The van der Waals surface area contributed by atoms with Crippen LogP contribution in [0, 0.1) is 0 Å². The molecule has 12 heavy (non-hydrogen) atoms. The molecule has 2 heteroatoms. The third kappa shape index (κ3) is 10.2. The Bertz CT molecular complexity index is 130. The number of hydrogen-bond acceptors (Lipinski definition) is 2. The van der Waals surface area contributed by atoms with Crippen molar-refractivity contribution in [2.45, 2.75) is 51.9 Å². The highest BCUT2D eigenvalue weighted by Crippen LogP contribution is 2.07. The molecule has 0 aliphatic carbocycles. The second-order valence-corrected chi connectivity index (χ2v) is 4.21. The van der Waals surface area contributed by atoms with E-state index in [4.69, 9.17) is 24.4 Å². The van der Waals surface area contributed by atoms with Crippen molar-refractivity contribution in [1.29, 1.82) is 0 Å². The van der Waals surface area contributed by atoms with Gasteiger partial charge in [0.2, 0.25) is 0 Å². The molecule has 0 rings (SSSR count). The van der Waals surface area contributed by atoms with Crippen LogP contribution in [0.15, 0.2) is 0 Å². The van der Waals surface area contributed by atoms with Crippen molar-refractivity contribution in [3.8, 4) is 0 Å². The summed E-state index contributed by atoms with van der Waals surface area (Å²) in [4.78, 5) is 1.15. The van der Waals surface area contributed by atoms with E-state index >= 15 is 0 Å². The van der Waals surface area contributed by atoms with Gasteiger partial charge in [-0.3, -0.25) is 0 Å². The summed E-state index contributed by atoms with van der Waals surface area (Å²) in [7, 11) is 0. The van der Waals surface area contributed by atoms with Gasteiger partial charge < -0.3 is 0 Å². The average Bonchev–Trinajstić information content (AvgIpc) is 2.02. The lowest BCUT2D eigenvalue weighted by atomic mass is 10.1. The highest BCUT2D eigenvalue weighted by Gasteiger charge is 1.91. The summed E-state index contributed by atoms with van der Waals surface area (Å²) in [6, 6.07) is 0. The molecule has 70 valence electrons. The van der Waals surface area contributed by atoms with E-state index in [0.717, 1.165) is 17.7 Å². The van der Waals surface area contributed by atoms with Crippen LogP contribution in [0.4, 0.5) is 0 Å². The van der Waals surface area contributed by atoms with Crippen LogP contribution in [-0.2, 0) is 0 Å². The smallest absolute Gasteiger partial charge is 0.0102 e. The maximum atomic E-state index is 5.00. The number of hydrogen-bond donors (Lipinski definition) is 0. The van der Waals surface area contributed by atoms with Gasteiger partial charge in [-0.25, -0.2) is 0 Å². The van der Waals surface area contributed by atoms with E-state index in [0.29, 0.717) is 0 Å². The molecule has 0 amide bonds. The summed E-state index contributed by atoms with van der Waals surface area (Å²) in [5.41, 5.74) is 0. The maximum Gasteiger partial charge on any atom is -0.0102 e. The van der Waals surface area contributed by atoms with Gasteiger partial charge in [0.1, 0.15) is 0 Å². The Morgan fingerprint density at radius 1 is 1.08 bits per heavy atom. The molecule has 0 heterocycles. The highest BCUT2D eigenvalue weighted by atomic mass is 32.1. The summed E-state index contributed by atoms with van der Waals surface area (Å²) < 4.78 is 0. The van der Waals surface area contributed by atoms with Gasteiger partial charge >= 0.3 is 0 Å². The van der Waals surface area contributed by atoms with Crippen molar-refractivity contribution < 1.29 is 0 Å². The van der Waals surface area contributed by atoms with Gasteiger partial charge in [-0.05, 0) is 42.8 Å². The minimum atomic E-state index is 1.10. The fourth-order valence-corrected chi connectivity index (χ4v) is 1.44. The van der Waals surface area contributed by atoms with Crippen LogP contribution >= 0.6 is 24.4 Å². The summed E-state index contributed by atoms with van der Waals surface area (Å²) >= 11 is 9.74. The fraction of sp³-hybridized carbons (Fsp3) is 0.800. The van der Waals surface area contributed by atoms with Gasteiger partial charge in [0.25, 0.3) is 0 Å². The predicted octanol–water partition coefficient (Wildman–Crippen LogP) is 4.11. The van der Waals surface area contributed by atoms with Crippen LogP contribution in [0.1, 0.15) is 51.9 Å². The van der Waals surface area contributed by atoms with Crippen LogP contribution in [0.5, 0.6) is 0 Å². The summed E-state index contributed by atoms with van der Waals surface area (Å²) in [6.45, 7) is 2.03. The lowest BCUT2D eigenvalue weighted by molar-refractivity contribution is 0.635. The molecule has 0 aliphatic heterocycles. The molecule has 0 aromatic heterocycles. The van der Waals surface area contributed by atoms with Crippen molar-refractivity contribution in [2.75, 3.05) is 0 Å². The van der Waals surface area contributed by atoms with Crippen LogP contribution in [0.25, 0.3) is 0 Å². The Morgan fingerprint density at radius 2 is 1.67 bits per heavy atom. The summed E-state index contributed by atoms with van der Waals surface area (Å²) in [5, 5.41) is 1.83. The molecule has 0 spiro atoms. The van der Waals surface area contributed by atoms with Gasteiger partial charge in [-0.15, -0.1) is 0 Å². The van der Waals surface area contributed by atoms with Crippen LogP contribution < -0.4 is 0 Å². The second kappa shape index (κ2) is 9.27. The Hall–Kier alpha value is 0.180. The minimum absolute atomic E-state index is 1.10. The number of rotatable bonds is 8. The van der Waals surface area contributed by atoms with Crippen molar-refractivity contribution >= 4 is 34.7 Å². The van der Waals surface area contributed by atoms with E-state index in [9.17, 15) is 0 Å². The lowest BCUT2D eigenvalue weighted by Crippen LogP contribution is -1.86. The number of unbranched alkanes of at least 4 members (excludes halogenated alkanes) is 5. The standard InChI is InChI=1S/C10H18S2/c1-10(12)8-6-4-2-3-5-7-9-11/h9H,2-8H2,1H3. The monoisotopic (exact) mass is 202 g/mol. The van der Waals surface area contributed by atoms with Gasteiger partial charge in [0.05, 0.1) is 0 Å². The molecule has 0 nitrogen and oxygen atoms in total.